The third-order valence-corrected chi connectivity index (χ3v) is 2.87. The molecule has 0 bridgehead atoms. The highest BCUT2D eigenvalue weighted by atomic mass is 19.4. The zero-order chi connectivity index (χ0) is 15.2. The summed E-state index contributed by atoms with van der Waals surface area (Å²) >= 11 is 0. The minimum atomic E-state index is -4.24. The standard InChI is InChI=1S/C13H18F3N3O/c1-2-19(9-13(14,15)16)8-11-6-4-3-5-10(11)7-12(20)18-17/h3-6H,2,7-9,17H2,1H3,(H,18,20). The van der Waals surface area contributed by atoms with Crippen molar-refractivity contribution in [2.24, 2.45) is 5.84 Å². The second kappa shape index (κ2) is 7.25. The number of carbonyl (C=O) groups is 1. The first-order chi connectivity index (χ1) is 9.35. The maximum Gasteiger partial charge on any atom is 0.401 e. The van der Waals surface area contributed by atoms with Crippen LogP contribution in [-0.4, -0.2) is 30.1 Å². The Kier molecular flexibility index (Phi) is 5.97. The molecule has 0 spiro atoms. The van der Waals surface area contributed by atoms with Crippen LogP contribution in [-0.2, 0) is 17.8 Å². The van der Waals surface area contributed by atoms with Gasteiger partial charge in [0.25, 0.3) is 0 Å². The molecule has 0 saturated heterocycles. The number of rotatable bonds is 6. The van der Waals surface area contributed by atoms with Gasteiger partial charge < -0.3 is 0 Å². The summed E-state index contributed by atoms with van der Waals surface area (Å²) in [6, 6.07) is 6.91. The summed E-state index contributed by atoms with van der Waals surface area (Å²) in [5.41, 5.74) is 3.39. The van der Waals surface area contributed by atoms with Gasteiger partial charge in [0.1, 0.15) is 0 Å². The number of benzene rings is 1. The number of hydrazine groups is 1. The lowest BCUT2D eigenvalue weighted by Crippen LogP contribution is -2.34. The highest BCUT2D eigenvalue weighted by Crippen LogP contribution is 2.19. The summed E-state index contributed by atoms with van der Waals surface area (Å²) in [5, 5.41) is 0. The molecule has 1 rings (SSSR count). The molecule has 1 aromatic rings. The summed E-state index contributed by atoms with van der Waals surface area (Å²) in [4.78, 5) is 12.6. The van der Waals surface area contributed by atoms with Gasteiger partial charge in [-0.15, -0.1) is 0 Å². The second-order valence-electron chi connectivity index (χ2n) is 4.43. The summed E-state index contributed by atoms with van der Waals surface area (Å²) < 4.78 is 37.3. The van der Waals surface area contributed by atoms with Gasteiger partial charge in [-0.2, -0.15) is 13.2 Å². The van der Waals surface area contributed by atoms with Crippen LogP contribution in [0.1, 0.15) is 18.1 Å². The Labute approximate surface area is 115 Å². The summed E-state index contributed by atoms with van der Waals surface area (Å²) in [7, 11) is 0. The van der Waals surface area contributed by atoms with E-state index in [1.165, 1.54) is 4.90 Å². The number of nitrogens with zero attached hydrogens (tertiary/aromatic N) is 1. The van der Waals surface area contributed by atoms with Gasteiger partial charge in [-0.3, -0.25) is 15.1 Å². The highest BCUT2D eigenvalue weighted by Gasteiger charge is 2.30. The molecule has 0 unspecified atom stereocenters. The average Bonchev–Trinajstić information content (AvgIpc) is 2.38. The molecule has 0 aliphatic carbocycles. The van der Waals surface area contributed by atoms with E-state index < -0.39 is 12.7 Å². The predicted molar refractivity (Wildman–Crippen MR) is 69.5 cm³/mol. The van der Waals surface area contributed by atoms with Gasteiger partial charge in [-0.05, 0) is 17.7 Å². The van der Waals surface area contributed by atoms with Crippen LogP contribution in [0, 0.1) is 0 Å². The van der Waals surface area contributed by atoms with Crippen LogP contribution in [0.15, 0.2) is 24.3 Å². The number of alkyl halides is 3. The number of hydrogen-bond donors (Lipinski definition) is 2. The SMILES string of the molecule is CCN(Cc1ccccc1CC(=O)NN)CC(F)(F)F. The average molecular weight is 289 g/mol. The number of halogens is 3. The maximum atomic E-state index is 12.4. The maximum absolute atomic E-state index is 12.4. The molecular weight excluding hydrogens is 271 g/mol. The minimum Gasteiger partial charge on any atom is -0.294 e. The number of nitrogens with one attached hydrogen (secondary N) is 1. The quantitative estimate of drug-likeness (QED) is 0.475. The lowest BCUT2D eigenvalue weighted by Gasteiger charge is -2.23. The predicted octanol–water partition coefficient (Wildman–Crippen LogP) is 1.60. The molecule has 0 atom stereocenters. The molecule has 7 heteroatoms. The Bertz CT molecular complexity index is 449. The van der Waals surface area contributed by atoms with Gasteiger partial charge in [0, 0.05) is 6.54 Å². The van der Waals surface area contributed by atoms with Gasteiger partial charge in [-0.1, -0.05) is 31.2 Å². The number of nitrogens with two attached hydrogens (primary N) is 1. The first kappa shape index (κ1) is 16.5. The molecular formula is C13H18F3N3O. The van der Waals surface area contributed by atoms with Crippen LogP contribution in [0.4, 0.5) is 13.2 Å². The van der Waals surface area contributed by atoms with Crippen molar-refractivity contribution in [3.05, 3.63) is 35.4 Å². The van der Waals surface area contributed by atoms with Crippen LogP contribution in [0.3, 0.4) is 0 Å². The van der Waals surface area contributed by atoms with E-state index in [0.717, 1.165) is 0 Å². The molecule has 3 N–H and O–H groups in total. The van der Waals surface area contributed by atoms with E-state index in [9.17, 15) is 18.0 Å². The van der Waals surface area contributed by atoms with Crippen LogP contribution in [0.2, 0.25) is 0 Å². The third kappa shape index (κ3) is 5.58. The van der Waals surface area contributed by atoms with Crippen LogP contribution in [0.5, 0.6) is 0 Å². The number of amides is 1. The summed E-state index contributed by atoms with van der Waals surface area (Å²) in [5.74, 6) is 4.64. The molecule has 1 aromatic carbocycles. The molecule has 0 radical (unpaired) electrons. The van der Waals surface area contributed by atoms with Gasteiger partial charge >= 0.3 is 6.18 Å². The monoisotopic (exact) mass is 289 g/mol. The number of carbonyl (C=O) groups excluding carboxylic acids is 1. The highest BCUT2D eigenvalue weighted by molar-refractivity contribution is 5.78. The fourth-order valence-corrected chi connectivity index (χ4v) is 1.88. The van der Waals surface area contributed by atoms with Gasteiger partial charge in [0.05, 0.1) is 13.0 Å². The van der Waals surface area contributed by atoms with E-state index in [1.54, 1.807) is 31.2 Å². The molecule has 0 aliphatic rings. The first-order valence-corrected chi connectivity index (χ1v) is 6.21. The minimum absolute atomic E-state index is 0.0518. The molecule has 0 saturated carbocycles. The smallest absolute Gasteiger partial charge is 0.294 e. The topological polar surface area (TPSA) is 58.4 Å². The van der Waals surface area contributed by atoms with E-state index in [4.69, 9.17) is 5.84 Å². The van der Waals surface area contributed by atoms with Gasteiger partial charge in [0.2, 0.25) is 5.91 Å². The summed E-state index contributed by atoms with van der Waals surface area (Å²) in [6.07, 6.45) is -4.18. The van der Waals surface area contributed by atoms with Crippen molar-refractivity contribution in [1.29, 1.82) is 0 Å². The van der Waals surface area contributed by atoms with Crippen molar-refractivity contribution in [2.45, 2.75) is 26.1 Å². The Morgan fingerprint density at radius 2 is 1.90 bits per heavy atom. The molecule has 0 aliphatic heterocycles. The van der Waals surface area contributed by atoms with Crippen molar-refractivity contribution in [2.75, 3.05) is 13.1 Å². The molecule has 0 heterocycles. The molecule has 0 fully saturated rings. The zero-order valence-electron chi connectivity index (χ0n) is 11.2. The van der Waals surface area contributed by atoms with E-state index in [1.807, 2.05) is 5.43 Å². The molecule has 20 heavy (non-hydrogen) atoms. The third-order valence-electron chi connectivity index (χ3n) is 2.87. The Balaban J connectivity index is 2.82. The number of hydrogen-bond acceptors (Lipinski definition) is 3. The van der Waals surface area contributed by atoms with Crippen molar-refractivity contribution < 1.29 is 18.0 Å². The molecule has 112 valence electrons. The largest absolute Gasteiger partial charge is 0.401 e. The van der Waals surface area contributed by atoms with E-state index in [-0.39, 0.29) is 25.4 Å². The van der Waals surface area contributed by atoms with Crippen molar-refractivity contribution in [3.63, 3.8) is 0 Å². The summed E-state index contributed by atoms with van der Waals surface area (Å²) in [6.45, 7) is 1.11. The normalized spacial score (nSPS) is 11.7. The van der Waals surface area contributed by atoms with Gasteiger partial charge in [-0.25, -0.2) is 5.84 Å². The van der Waals surface area contributed by atoms with Crippen LogP contribution < -0.4 is 11.3 Å². The Morgan fingerprint density at radius 3 is 2.40 bits per heavy atom. The molecule has 0 aromatic heterocycles. The molecule has 1 amide bonds. The van der Waals surface area contributed by atoms with Crippen LogP contribution in [0.25, 0.3) is 0 Å². The Hall–Kier alpha value is -1.60. The van der Waals surface area contributed by atoms with E-state index in [0.29, 0.717) is 11.1 Å². The fraction of sp³-hybridized carbons (Fsp3) is 0.462. The van der Waals surface area contributed by atoms with Crippen molar-refractivity contribution >= 4 is 5.91 Å². The second-order valence-corrected chi connectivity index (χ2v) is 4.43. The lowest BCUT2D eigenvalue weighted by molar-refractivity contribution is -0.146. The Morgan fingerprint density at radius 1 is 1.30 bits per heavy atom. The first-order valence-electron chi connectivity index (χ1n) is 6.21. The van der Waals surface area contributed by atoms with E-state index >= 15 is 0 Å². The zero-order valence-corrected chi connectivity index (χ0v) is 11.2. The van der Waals surface area contributed by atoms with Crippen molar-refractivity contribution in [1.82, 2.24) is 10.3 Å². The van der Waals surface area contributed by atoms with E-state index in [2.05, 4.69) is 0 Å². The molecule has 4 nitrogen and oxygen atoms in total. The van der Waals surface area contributed by atoms with Gasteiger partial charge in [0.15, 0.2) is 0 Å². The van der Waals surface area contributed by atoms with Crippen LogP contribution >= 0.6 is 0 Å². The lowest BCUT2D eigenvalue weighted by atomic mass is 10.0. The fourth-order valence-electron chi connectivity index (χ4n) is 1.88. The van der Waals surface area contributed by atoms with Crippen molar-refractivity contribution in [3.8, 4) is 0 Å².